The fourth-order valence-corrected chi connectivity index (χ4v) is 5.27. The molecule has 1 atom stereocenters. The summed E-state index contributed by atoms with van der Waals surface area (Å²) >= 11 is 1.86. The van der Waals surface area contributed by atoms with Gasteiger partial charge in [0.15, 0.2) is 5.82 Å². The predicted octanol–water partition coefficient (Wildman–Crippen LogP) is 3.56. The lowest BCUT2D eigenvalue weighted by molar-refractivity contribution is 0.0346. The van der Waals surface area contributed by atoms with Gasteiger partial charge in [0.2, 0.25) is 0 Å². The van der Waals surface area contributed by atoms with Gasteiger partial charge in [-0.2, -0.15) is 0 Å². The Morgan fingerprint density at radius 1 is 1.19 bits per heavy atom. The van der Waals surface area contributed by atoms with Gasteiger partial charge >= 0.3 is 0 Å². The third-order valence-electron chi connectivity index (χ3n) is 5.87. The molecule has 3 aromatic rings. The van der Waals surface area contributed by atoms with Crippen LogP contribution in [0.25, 0.3) is 0 Å². The van der Waals surface area contributed by atoms with Gasteiger partial charge in [-0.05, 0) is 36.2 Å². The van der Waals surface area contributed by atoms with Gasteiger partial charge in [-0.3, -0.25) is 4.90 Å². The fraction of sp³-hybridized carbons (Fsp3) is 0.417. The molecule has 2 aliphatic heterocycles. The highest BCUT2D eigenvalue weighted by Gasteiger charge is 2.17. The Morgan fingerprint density at radius 3 is 2.97 bits per heavy atom. The molecule has 5 rings (SSSR count). The van der Waals surface area contributed by atoms with Crippen molar-refractivity contribution in [1.82, 2.24) is 19.8 Å². The zero-order valence-electron chi connectivity index (χ0n) is 18.4. The summed E-state index contributed by atoms with van der Waals surface area (Å²) in [7, 11) is 0. The van der Waals surface area contributed by atoms with E-state index >= 15 is 0 Å². The molecule has 2 aromatic heterocycles. The predicted molar refractivity (Wildman–Crippen MR) is 126 cm³/mol. The zero-order valence-corrected chi connectivity index (χ0v) is 19.2. The van der Waals surface area contributed by atoms with E-state index in [0.717, 1.165) is 63.9 Å². The molecule has 2 aliphatic rings. The number of hydrogen-bond acceptors (Lipinski definition) is 7. The molecule has 0 radical (unpaired) electrons. The molecule has 1 fully saturated rings. The van der Waals surface area contributed by atoms with Gasteiger partial charge in [0.05, 0.1) is 25.9 Å². The van der Waals surface area contributed by atoms with Crippen molar-refractivity contribution in [3.05, 3.63) is 75.5 Å². The molecular weight excluding hydrogens is 422 g/mol. The van der Waals surface area contributed by atoms with Crippen molar-refractivity contribution < 1.29 is 9.47 Å². The van der Waals surface area contributed by atoms with Crippen LogP contribution in [0.2, 0.25) is 0 Å². The Bertz CT molecular complexity index is 1070. The van der Waals surface area contributed by atoms with Crippen molar-refractivity contribution in [2.24, 2.45) is 0 Å². The first-order valence-corrected chi connectivity index (χ1v) is 12.0. The lowest BCUT2D eigenvalue weighted by atomic mass is 10.1. The van der Waals surface area contributed by atoms with Gasteiger partial charge in [-0.25, -0.2) is 4.68 Å². The summed E-state index contributed by atoms with van der Waals surface area (Å²) in [6.07, 6.45) is 7.72. The molecule has 0 spiro atoms. The van der Waals surface area contributed by atoms with Gasteiger partial charge in [0, 0.05) is 42.2 Å². The summed E-state index contributed by atoms with van der Waals surface area (Å²) in [5.41, 5.74) is 6.09. The number of nitrogens with one attached hydrogen (secondary N) is 1. The number of rotatable bonds is 8. The first kappa shape index (κ1) is 21.2. The molecule has 0 saturated carbocycles. The van der Waals surface area contributed by atoms with Crippen molar-refractivity contribution in [3.63, 3.8) is 0 Å². The summed E-state index contributed by atoms with van der Waals surface area (Å²) in [6, 6.07) is 10.9. The van der Waals surface area contributed by atoms with Crippen LogP contribution in [-0.2, 0) is 24.1 Å². The lowest BCUT2D eigenvalue weighted by Gasteiger charge is -2.25. The van der Waals surface area contributed by atoms with Gasteiger partial charge in [0.1, 0.15) is 12.1 Å². The highest BCUT2D eigenvalue weighted by molar-refractivity contribution is 7.12. The van der Waals surface area contributed by atoms with Crippen LogP contribution in [0.3, 0.4) is 0 Å². The maximum atomic E-state index is 5.63. The van der Waals surface area contributed by atoms with E-state index in [4.69, 9.17) is 9.47 Å². The quantitative estimate of drug-likeness (QED) is 0.529. The average Bonchev–Trinajstić information content (AvgIpc) is 3.56. The Labute approximate surface area is 192 Å². The van der Waals surface area contributed by atoms with Crippen LogP contribution in [-0.4, -0.2) is 52.7 Å². The molecule has 8 heteroatoms. The van der Waals surface area contributed by atoms with Crippen LogP contribution in [0.5, 0.6) is 5.75 Å². The minimum absolute atomic E-state index is 0.0617. The highest BCUT2D eigenvalue weighted by atomic mass is 32.1. The van der Waals surface area contributed by atoms with Crippen LogP contribution in [0.1, 0.15) is 39.7 Å². The number of fused-ring (bicyclic) bond motifs is 1. The number of allylic oxidation sites excluding steroid dienone is 1. The van der Waals surface area contributed by atoms with Gasteiger partial charge in [-0.15, -0.1) is 21.5 Å². The van der Waals surface area contributed by atoms with E-state index in [-0.39, 0.29) is 6.04 Å². The van der Waals surface area contributed by atoms with Crippen LogP contribution in [0.15, 0.2) is 48.8 Å². The standard InChI is InChI=1S/C24H29N5O2S/c1-2-3-21(23-7-5-20(32-23)16-28-9-12-30-13-10-28)27-29-17-25-26-24(29)15-18-4-6-22-19(14-18)8-11-31-22/h2-7,14,17,21,27H,8-13,15-16H2,1H3/b3-2-. The summed E-state index contributed by atoms with van der Waals surface area (Å²) in [5, 5.41) is 8.54. The van der Waals surface area contributed by atoms with Crippen molar-refractivity contribution in [2.45, 2.75) is 32.4 Å². The molecule has 1 N–H and O–H groups in total. The molecule has 168 valence electrons. The van der Waals surface area contributed by atoms with Gasteiger partial charge in [-0.1, -0.05) is 24.3 Å². The number of aromatic nitrogens is 3. The molecule has 0 aliphatic carbocycles. The van der Waals surface area contributed by atoms with Gasteiger partial charge in [0.25, 0.3) is 0 Å². The molecular formula is C24H29N5O2S. The first-order valence-electron chi connectivity index (χ1n) is 11.2. The topological polar surface area (TPSA) is 64.4 Å². The van der Waals surface area contributed by atoms with E-state index in [9.17, 15) is 0 Å². The van der Waals surface area contributed by atoms with Crippen molar-refractivity contribution in [2.75, 3.05) is 38.3 Å². The fourth-order valence-electron chi connectivity index (χ4n) is 4.19. The van der Waals surface area contributed by atoms with Crippen LogP contribution >= 0.6 is 11.3 Å². The Balaban J connectivity index is 1.28. The number of ether oxygens (including phenoxy) is 2. The van der Waals surface area contributed by atoms with Crippen LogP contribution in [0.4, 0.5) is 0 Å². The average molecular weight is 452 g/mol. The molecule has 1 aromatic carbocycles. The second-order valence-electron chi connectivity index (χ2n) is 8.16. The third kappa shape index (κ3) is 4.87. The first-order chi connectivity index (χ1) is 15.8. The largest absolute Gasteiger partial charge is 0.493 e. The third-order valence-corrected chi connectivity index (χ3v) is 7.02. The van der Waals surface area contributed by atoms with E-state index < -0.39 is 0 Å². The van der Waals surface area contributed by atoms with Crippen molar-refractivity contribution >= 4 is 11.3 Å². The van der Waals surface area contributed by atoms with Gasteiger partial charge < -0.3 is 14.9 Å². The number of hydrogen-bond donors (Lipinski definition) is 1. The van der Waals surface area contributed by atoms with Crippen molar-refractivity contribution in [3.8, 4) is 5.75 Å². The molecule has 32 heavy (non-hydrogen) atoms. The molecule has 0 amide bonds. The minimum Gasteiger partial charge on any atom is -0.493 e. The molecule has 4 heterocycles. The maximum Gasteiger partial charge on any atom is 0.156 e. The lowest BCUT2D eigenvalue weighted by Crippen LogP contribution is -2.35. The van der Waals surface area contributed by atoms with E-state index in [1.54, 1.807) is 6.33 Å². The van der Waals surface area contributed by atoms with Crippen LogP contribution < -0.4 is 10.2 Å². The number of nitrogens with zero attached hydrogens (tertiary/aromatic N) is 4. The van der Waals surface area contributed by atoms with E-state index in [0.29, 0.717) is 0 Å². The SMILES string of the molecule is C/C=C\C(Nn1cnnc1Cc1ccc2c(c1)CCO2)c1ccc(CN2CCOCC2)s1. The Kier molecular flexibility index (Phi) is 6.52. The Morgan fingerprint density at radius 2 is 2.09 bits per heavy atom. The highest BCUT2D eigenvalue weighted by Crippen LogP contribution is 2.28. The van der Waals surface area contributed by atoms with E-state index in [1.807, 2.05) is 16.0 Å². The summed E-state index contributed by atoms with van der Waals surface area (Å²) in [5.74, 6) is 1.90. The number of thiophene rings is 1. The second kappa shape index (κ2) is 9.85. The summed E-state index contributed by atoms with van der Waals surface area (Å²) < 4.78 is 13.1. The Hall–Kier alpha value is -2.68. The second-order valence-corrected chi connectivity index (χ2v) is 9.36. The van der Waals surface area contributed by atoms with Crippen molar-refractivity contribution in [1.29, 1.82) is 0 Å². The number of benzene rings is 1. The number of morpholine rings is 1. The molecule has 1 unspecified atom stereocenters. The summed E-state index contributed by atoms with van der Waals surface area (Å²) in [6.45, 7) is 7.47. The minimum atomic E-state index is 0.0617. The normalized spacial score (nSPS) is 17.4. The van der Waals surface area contributed by atoms with E-state index in [1.165, 1.54) is 20.9 Å². The summed E-state index contributed by atoms with van der Waals surface area (Å²) in [4.78, 5) is 5.11. The molecule has 1 saturated heterocycles. The van der Waals surface area contributed by atoms with Crippen LogP contribution in [0, 0.1) is 0 Å². The smallest absolute Gasteiger partial charge is 0.156 e. The maximum absolute atomic E-state index is 5.63. The van der Waals surface area contributed by atoms with E-state index in [2.05, 4.69) is 69.9 Å². The zero-order chi connectivity index (χ0) is 21.8. The molecule has 7 nitrogen and oxygen atoms in total. The molecule has 0 bridgehead atoms. The monoisotopic (exact) mass is 451 g/mol.